The van der Waals surface area contributed by atoms with Gasteiger partial charge in [-0.15, -0.1) is 11.8 Å². The van der Waals surface area contributed by atoms with Crippen molar-refractivity contribution < 1.29 is 9.90 Å². The monoisotopic (exact) mass is 267 g/mol. The molecule has 18 heavy (non-hydrogen) atoms. The number of phenols is 1. The molecule has 0 fully saturated rings. The highest BCUT2D eigenvalue weighted by Crippen LogP contribution is 2.31. The molecule has 0 heterocycles. The van der Waals surface area contributed by atoms with Crippen LogP contribution in [0.25, 0.3) is 0 Å². The molecule has 0 aliphatic rings. The standard InChI is InChI=1S/C14H21NO2S/c1-4-11(5-2)15-14(17)10(3)18-13-9-7-6-8-12(13)16/h6-11,16H,4-5H2,1-3H3,(H,15,17). The second kappa shape index (κ2) is 7.31. The Bertz CT molecular complexity index is 391. The van der Waals surface area contributed by atoms with Crippen molar-refractivity contribution >= 4 is 17.7 Å². The number of hydrogen-bond acceptors (Lipinski definition) is 3. The molecular weight excluding hydrogens is 246 g/mol. The van der Waals surface area contributed by atoms with Gasteiger partial charge in [0.25, 0.3) is 0 Å². The van der Waals surface area contributed by atoms with Gasteiger partial charge in [0.15, 0.2) is 0 Å². The summed E-state index contributed by atoms with van der Waals surface area (Å²) >= 11 is 1.38. The Labute approximate surface area is 113 Å². The summed E-state index contributed by atoms with van der Waals surface area (Å²) in [5, 5.41) is 12.5. The molecule has 100 valence electrons. The van der Waals surface area contributed by atoms with E-state index in [1.807, 2.05) is 19.1 Å². The molecule has 1 aromatic carbocycles. The van der Waals surface area contributed by atoms with Crippen LogP contribution in [0.2, 0.25) is 0 Å². The molecule has 0 radical (unpaired) electrons. The quantitative estimate of drug-likeness (QED) is 0.778. The Hall–Kier alpha value is -1.16. The lowest BCUT2D eigenvalue weighted by molar-refractivity contribution is -0.121. The zero-order chi connectivity index (χ0) is 13.5. The molecule has 3 nitrogen and oxygen atoms in total. The van der Waals surface area contributed by atoms with E-state index >= 15 is 0 Å². The van der Waals surface area contributed by atoms with Gasteiger partial charge in [0.05, 0.1) is 5.25 Å². The van der Waals surface area contributed by atoms with E-state index in [4.69, 9.17) is 0 Å². The maximum absolute atomic E-state index is 12.0. The topological polar surface area (TPSA) is 49.3 Å². The van der Waals surface area contributed by atoms with E-state index in [1.165, 1.54) is 11.8 Å². The summed E-state index contributed by atoms with van der Waals surface area (Å²) in [5.41, 5.74) is 0. The molecule has 1 aromatic rings. The first-order valence-electron chi connectivity index (χ1n) is 6.33. The van der Waals surface area contributed by atoms with Crippen LogP contribution in [0, 0.1) is 0 Å². The molecule has 0 aromatic heterocycles. The molecule has 1 rings (SSSR count). The lowest BCUT2D eigenvalue weighted by Crippen LogP contribution is -2.38. The third-order valence-corrected chi connectivity index (χ3v) is 4.04. The normalized spacial score (nSPS) is 12.4. The van der Waals surface area contributed by atoms with Crippen molar-refractivity contribution in [2.24, 2.45) is 0 Å². The van der Waals surface area contributed by atoms with Crippen LogP contribution in [-0.2, 0) is 4.79 Å². The van der Waals surface area contributed by atoms with Gasteiger partial charge in [0, 0.05) is 10.9 Å². The molecule has 0 aliphatic carbocycles. The predicted molar refractivity (Wildman–Crippen MR) is 75.9 cm³/mol. The highest BCUT2D eigenvalue weighted by atomic mass is 32.2. The maximum Gasteiger partial charge on any atom is 0.233 e. The minimum Gasteiger partial charge on any atom is -0.507 e. The predicted octanol–water partition coefficient (Wildman–Crippen LogP) is 3.18. The van der Waals surface area contributed by atoms with Crippen LogP contribution in [-0.4, -0.2) is 22.3 Å². The van der Waals surface area contributed by atoms with Gasteiger partial charge in [0.1, 0.15) is 5.75 Å². The largest absolute Gasteiger partial charge is 0.507 e. The summed E-state index contributed by atoms with van der Waals surface area (Å²) in [6.45, 7) is 5.99. The van der Waals surface area contributed by atoms with Gasteiger partial charge in [-0.2, -0.15) is 0 Å². The zero-order valence-electron chi connectivity index (χ0n) is 11.1. The number of thioether (sulfide) groups is 1. The number of hydrogen-bond donors (Lipinski definition) is 2. The number of aromatic hydroxyl groups is 1. The fourth-order valence-corrected chi connectivity index (χ4v) is 2.51. The molecule has 2 N–H and O–H groups in total. The molecule has 0 spiro atoms. The summed E-state index contributed by atoms with van der Waals surface area (Å²) in [4.78, 5) is 12.7. The van der Waals surface area contributed by atoms with Crippen LogP contribution < -0.4 is 5.32 Å². The van der Waals surface area contributed by atoms with Gasteiger partial charge in [-0.25, -0.2) is 0 Å². The van der Waals surface area contributed by atoms with Gasteiger partial charge in [-0.3, -0.25) is 4.79 Å². The molecule has 0 aliphatic heterocycles. The van der Waals surface area contributed by atoms with E-state index in [0.717, 1.165) is 17.7 Å². The van der Waals surface area contributed by atoms with Crippen LogP contribution in [0.3, 0.4) is 0 Å². The number of carbonyl (C=O) groups is 1. The van der Waals surface area contributed by atoms with E-state index in [9.17, 15) is 9.90 Å². The molecule has 4 heteroatoms. The van der Waals surface area contributed by atoms with Crippen molar-refractivity contribution in [3.8, 4) is 5.75 Å². The van der Waals surface area contributed by atoms with Gasteiger partial charge < -0.3 is 10.4 Å². The number of para-hydroxylation sites is 1. The Morgan fingerprint density at radius 2 is 1.94 bits per heavy atom. The number of benzene rings is 1. The van der Waals surface area contributed by atoms with Crippen molar-refractivity contribution in [3.05, 3.63) is 24.3 Å². The van der Waals surface area contributed by atoms with E-state index in [0.29, 0.717) is 0 Å². The molecule has 0 bridgehead atoms. The van der Waals surface area contributed by atoms with Crippen molar-refractivity contribution in [2.75, 3.05) is 0 Å². The highest BCUT2D eigenvalue weighted by Gasteiger charge is 2.18. The average Bonchev–Trinajstić information content (AvgIpc) is 2.38. The van der Waals surface area contributed by atoms with Gasteiger partial charge in [0.2, 0.25) is 5.91 Å². The minimum atomic E-state index is -0.209. The van der Waals surface area contributed by atoms with Crippen LogP contribution in [0.4, 0.5) is 0 Å². The SMILES string of the molecule is CCC(CC)NC(=O)C(C)Sc1ccccc1O. The molecular formula is C14H21NO2S. The summed E-state index contributed by atoms with van der Waals surface area (Å²) in [6.07, 6.45) is 1.88. The zero-order valence-corrected chi connectivity index (χ0v) is 12.0. The average molecular weight is 267 g/mol. The Balaban J connectivity index is 2.57. The lowest BCUT2D eigenvalue weighted by Gasteiger charge is -2.18. The summed E-state index contributed by atoms with van der Waals surface area (Å²) in [7, 11) is 0. The number of nitrogens with one attached hydrogen (secondary N) is 1. The summed E-state index contributed by atoms with van der Waals surface area (Å²) in [6, 6.07) is 7.32. The van der Waals surface area contributed by atoms with Crippen molar-refractivity contribution in [2.45, 2.75) is 49.8 Å². The van der Waals surface area contributed by atoms with Gasteiger partial charge in [-0.1, -0.05) is 26.0 Å². The third-order valence-electron chi connectivity index (χ3n) is 2.87. The number of phenolic OH excluding ortho intramolecular Hbond substituents is 1. The van der Waals surface area contributed by atoms with E-state index < -0.39 is 0 Å². The molecule has 0 saturated carbocycles. The van der Waals surface area contributed by atoms with Crippen molar-refractivity contribution in [3.63, 3.8) is 0 Å². The van der Waals surface area contributed by atoms with Crippen LogP contribution in [0.1, 0.15) is 33.6 Å². The second-order valence-electron chi connectivity index (χ2n) is 4.25. The van der Waals surface area contributed by atoms with Gasteiger partial charge >= 0.3 is 0 Å². The first-order valence-corrected chi connectivity index (χ1v) is 7.21. The second-order valence-corrected chi connectivity index (χ2v) is 5.63. The maximum atomic E-state index is 12.0. The minimum absolute atomic E-state index is 0.0250. The number of rotatable bonds is 6. The Kier molecular flexibility index (Phi) is 6.05. The third kappa shape index (κ3) is 4.26. The first kappa shape index (κ1) is 14.9. The van der Waals surface area contributed by atoms with E-state index in [1.54, 1.807) is 12.1 Å². The van der Waals surface area contributed by atoms with Crippen LogP contribution >= 0.6 is 11.8 Å². The van der Waals surface area contributed by atoms with E-state index in [2.05, 4.69) is 19.2 Å². The number of amides is 1. The Morgan fingerprint density at radius 1 is 1.33 bits per heavy atom. The van der Waals surface area contributed by atoms with Crippen molar-refractivity contribution in [1.82, 2.24) is 5.32 Å². The smallest absolute Gasteiger partial charge is 0.233 e. The highest BCUT2D eigenvalue weighted by molar-refractivity contribution is 8.00. The van der Waals surface area contributed by atoms with Crippen LogP contribution in [0.15, 0.2) is 29.2 Å². The number of carbonyl (C=O) groups excluding carboxylic acids is 1. The molecule has 1 amide bonds. The fraction of sp³-hybridized carbons (Fsp3) is 0.500. The first-order chi connectivity index (χ1) is 8.58. The summed E-state index contributed by atoms with van der Waals surface area (Å²) in [5.74, 6) is 0.252. The fourth-order valence-electron chi connectivity index (χ4n) is 1.61. The summed E-state index contributed by atoms with van der Waals surface area (Å²) < 4.78 is 0. The van der Waals surface area contributed by atoms with E-state index in [-0.39, 0.29) is 22.9 Å². The Morgan fingerprint density at radius 3 is 2.50 bits per heavy atom. The molecule has 1 unspecified atom stereocenters. The van der Waals surface area contributed by atoms with Gasteiger partial charge in [-0.05, 0) is 31.9 Å². The van der Waals surface area contributed by atoms with Crippen LogP contribution in [0.5, 0.6) is 5.75 Å². The van der Waals surface area contributed by atoms with Crippen molar-refractivity contribution in [1.29, 1.82) is 0 Å². The lowest BCUT2D eigenvalue weighted by atomic mass is 10.2. The molecule has 1 atom stereocenters. The molecule has 0 saturated heterocycles.